The predicted molar refractivity (Wildman–Crippen MR) is 120 cm³/mol. The van der Waals surface area contributed by atoms with Crippen LogP contribution < -0.4 is 16.6 Å². The molecule has 7 heteroatoms. The maximum absolute atomic E-state index is 13.2. The maximum Gasteiger partial charge on any atom is 0.332 e. The Labute approximate surface area is 178 Å². The lowest BCUT2D eigenvalue weighted by atomic mass is 10.1. The van der Waals surface area contributed by atoms with Gasteiger partial charge >= 0.3 is 5.69 Å². The summed E-state index contributed by atoms with van der Waals surface area (Å²) < 4.78 is 2.42. The average Bonchev–Trinajstić information content (AvgIpc) is 2.75. The van der Waals surface area contributed by atoms with Crippen LogP contribution in [0.5, 0.6) is 0 Å². The molecule has 4 rings (SSSR count). The first-order chi connectivity index (χ1) is 14.9. The number of benzene rings is 2. The molecular formula is C24H22N4O3. The van der Waals surface area contributed by atoms with E-state index in [4.69, 9.17) is 0 Å². The van der Waals surface area contributed by atoms with Crippen molar-refractivity contribution in [3.05, 3.63) is 104 Å². The van der Waals surface area contributed by atoms with Gasteiger partial charge in [-0.1, -0.05) is 42.0 Å². The SMILES string of the molecule is Cc1ccc(Cn2c(=O)c3ncccc3n(CC(=O)Nc3cccc(C)c3)c2=O)cc1. The zero-order valence-electron chi connectivity index (χ0n) is 17.3. The highest BCUT2D eigenvalue weighted by Crippen LogP contribution is 2.11. The molecule has 2 aromatic carbocycles. The third-order valence-electron chi connectivity index (χ3n) is 5.05. The van der Waals surface area contributed by atoms with Crippen LogP contribution in [-0.4, -0.2) is 20.0 Å². The molecule has 7 nitrogen and oxygen atoms in total. The molecule has 0 radical (unpaired) electrons. The molecule has 0 aliphatic carbocycles. The van der Waals surface area contributed by atoms with Crippen molar-refractivity contribution in [1.29, 1.82) is 0 Å². The molecule has 2 heterocycles. The third-order valence-corrected chi connectivity index (χ3v) is 5.05. The topological polar surface area (TPSA) is 86.0 Å². The van der Waals surface area contributed by atoms with Crippen molar-refractivity contribution < 1.29 is 4.79 Å². The van der Waals surface area contributed by atoms with E-state index in [-0.39, 0.29) is 24.5 Å². The molecule has 0 saturated heterocycles. The highest BCUT2D eigenvalue weighted by atomic mass is 16.2. The molecule has 1 N–H and O–H groups in total. The van der Waals surface area contributed by atoms with Gasteiger partial charge in [-0.05, 0) is 49.2 Å². The summed E-state index contributed by atoms with van der Waals surface area (Å²) in [5.41, 5.74) is 3.01. The summed E-state index contributed by atoms with van der Waals surface area (Å²) in [4.78, 5) is 43.1. The Morgan fingerprint density at radius 2 is 1.71 bits per heavy atom. The second-order valence-corrected chi connectivity index (χ2v) is 7.53. The Kier molecular flexibility index (Phi) is 5.49. The van der Waals surface area contributed by atoms with Gasteiger partial charge in [0.15, 0.2) is 5.52 Å². The first-order valence-corrected chi connectivity index (χ1v) is 9.93. The number of carbonyl (C=O) groups excluding carboxylic acids is 1. The monoisotopic (exact) mass is 414 g/mol. The van der Waals surface area contributed by atoms with Gasteiger partial charge in [-0.15, -0.1) is 0 Å². The smallest absolute Gasteiger partial charge is 0.325 e. The zero-order chi connectivity index (χ0) is 22.0. The van der Waals surface area contributed by atoms with Gasteiger partial charge in [0.1, 0.15) is 6.54 Å². The van der Waals surface area contributed by atoms with Gasteiger partial charge in [0.05, 0.1) is 12.1 Å². The fraction of sp³-hybridized carbons (Fsp3) is 0.167. The van der Waals surface area contributed by atoms with E-state index in [0.717, 1.165) is 21.3 Å². The Balaban J connectivity index is 1.75. The van der Waals surface area contributed by atoms with Crippen molar-refractivity contribution in [1.82, 2.24) is 14.1 Å². The second kappa shape index (κ2) is 8.39. The molecule has 0 atom stereocenters. The number of carbonyl (C=O) groups is 1. The summed E-state index contributed by atoms with van der Waals surface area (Å²) >= 11 is 0. The minimum Gasteiger partial charge on any atom is -0.325 e. The quantitative estimate of drug-likeness (QED) is 0.544. The molecular weight excluding hydrogens is 392 g/mol. The molecule has 0 bridgehead atoms. The van der Waals surface area contributed by atoms with Crippen molar-refractivity contribution in [3.63, 3.8) is 0 Å². The molecule has 0 aliphatic heterocycles. The summed E-state index contributed by atoms with van der Waals surface area (Å²) in [5, 5.41) is 2.81. The van der Waals surface area contributed by atoms with Gasteiger partial charge < -0.3 is 5.32 Å². The fourth-order valence-corrected chi connectivity index (χ4v) is 3.48. The molecule has 0 unspecified atom stereocenters. The lowest BCUT2D eigenvalue weighted by Crippen LogP contribution is -2.42. The second-order valence-electron chi connectivity index (χ2n) is 7.53. The van der Waals surface area contributed by atoms with Gasteiger partial charge in [0.25, 0.3) is 5.56 Å². The van der Waals surface area contributed by atoms with E-state index >= 15 is 0 Å². The lowest BCUT2D eigenvalue weighted by Gasteiger charge is -2.14. The zero-order valence-corrected chi connectivity index (χ0v) is 17.3. The molecule has 0 fully saturated rings. The number of nitrogens with zero attached hydrogens (tertiary/aromatic N) is 3. The van der Waals surface area contributed by atoms with Gasteiger partial charge in [0, 0.05) is 11.9 Å². The van der Waals surface area contributed by atoms with Crippen LogP contribution in [0.1, 0.15) is 16.7 Å². The molecule has 0 aliphatic rings. The Bertz CT molecular complexity index is 1380. The largest absolute Gasteiger partial charge is 0.332 e. The molecule has 1 amide bonds. The Morgan fingerprint density at radius 1 is 0.935 bits per heavy atom. The van der Waals surface area contributed by atoms with Crippen molar-refractivity contribution in [3.8, 4) is 0 Å². The number of hydrogen-bond donors (Lipinski definition) is 1. The lowest BCUT2D eigenvalue weighted by molar-refractivity contribution is -0.116. The molecule has 0 saturated carbocycles. The number of pyridine rings is 1. The number of fused-ring (bicyclic) bond motifs is 1. The first kappa shape index (κ1) is 20.3. The van der Waals surface area contributed by atoms with E-state index < -0.39 is 11.2 Å². The van der Waals surface area contributed by atoms with Crippen molar-refractivity contribution in [2.75, 3.05) is 5.32 Å². The highest BCUT2D eigenvalue weighted by molar-refractivity contribution is 5.91. The summed E-state index contributed by atoms with van der Waals surface area (Å²) in [5.74, 6) is -0.363. The number of rotatable bonds is 5. The van der Waals surface area contributed by atoms with E-state index in [1.54, 1.807) is 18.2 Å². The van der Waals surface area contributed by atoms with Crippen molar-refractivity contribution in [2.24, 2.45) is 0 Å². The van der Waals surface area contributed by atoms with Gasteiger partial charge in [-0.25, -0.2) is 9.78 Å². The van der Waals surface area contributed by atoms with Crippen LogP contribution in [0.15, 0.2) is 76.4 Å². The Hall–Kier alpha value is -4.00. The van der Waals surface area contributed by atoms with Crippen LogP contribution in [0, 0.1) is 13.8 Å². The standard InChI is InChI=1S/C24H22N4O3/c1-16-8-10-18(11-9-16)14-28-23(30)22-20(7-4-12-25-22)27(24(28)31)15-21(29)26-19-6-3-5-17(2)13-19/h3-13H,14-15H2,1-2H3,(H,26,29). The van der Waals surface area contributed by atoms with Crippen LogP contribution in [0.25, 0.3) is 11.0 Å². The number of anilines is 1. The first-order valence-electron chi connectivity index (χ1n) is 9.93. The fourth-order valence-electron chi connectivity index (χ4n) is 3.48. The summed E-state index contributed by atoms with van der Waals surface area (Å²) in [6, 6.07) is 18.3. The van der Waals surface area contributed by atoms with Crippen LogP contribution in [0.2, 0.25) is 0 Å². The summed E-state index contributed by atoms with van der Waals surface area (Å²) in [6.07, 6.45) is 1.50. The number of nitrogens with one attached hydrogen (secondary N) is 1. The predicted octanol–water partition coefficient (Wildman–Crippen LogP) is 2.86. The van der Waals surface area contributed by atoms with E-state index in [2.05, 4.69) is 10.3 Å². The molecule has 31 heavy (non-hydrogen) atoms. The number of aromatic nitrogens is 3. The number of amides is 1. The van der Waals surface area contributed by atoms with E-state index in [1.165, 1.54) is 10.8 Å². The van der Waals surface area contributed by atoms with Gasteiger partial charge in [-0.3, -0.25) is 18.7 Å². The van der Waals surface area contributed by atoms with E-state index in [0.29, 0.717) is 11.2 Å². The van der Waals surface area contributed by atoms with Crippen LogP contribution in [0.4, 0.5) is 5.69 Å². The highest BCUT2D eigenvalue weighted by Gasteiger charge is 2.16. The van der Waals surface area contributed by atoms with Crippen LogP contribution >= 0.6 is 0 Å². The van der Waals surface area contributed by atoms with Gasteiger partial charge in [-0.2, -0.15) is 0 Å². The minimum atomic E-state index is -0.550. The summed E-state index contributed by atoms with van der Waals surface area (Å²) in [7, 11) is 0. The normalized spacial score (nSPS) is 10.9. The van der Waals surface area contributed by atoms with E-state index in [9.17, 15) is 14.4 Å². The molecule has 0 spiro atoms. The number of hydrogen-bond acceptors (Lipinski definition) is 4. The molecule has 2 aromatic heterocycles. The summed E-state index contributed by atoms with van der Waals surface area (Å²) in [6.45, 7) is 3.77. The van der Waals surface area contributed by atoms with Gasteiger partial charge in [0.2, 0.25) is 5.91 Å². The van der Waals surface area contributed by atoms with Crippen molar-refractivity contribution >= 4 is 22.6 Å². The number of aryl methyl sites for hydroxylation is 2. The maximum atomic E-state index is 13.2. The van der Waals surface area contributed by atoms with Crippen LogP contribution in [0.3, 0.4) is 0 Å². The minimum absolute atomic E-state index is 0.101. The third kappa shape index (κ3) is 4.30. The Morgan fingerprint density at radius 3 is 2.45 bits per heavy atom. The average molecular weight is 414 g/mol. The van der Waals surface area contributed by atoms with Crippen LogP contribution in [-0.2, 0) is 17.9 Å². The molecule has 4 aromatic rings. The van der Waals surface area contributed by atoms with E-state index in [1.807, 2.05) is 56.3 Å². The van der Waals surface area contributed by atoms with Crippen molar-refractivity contribution in [2.45, 2.75) is 26.9 Å². The molecule has 156 valence electrons.